The molecule has 0 aliphatic heterocycles. The van der Waals surface area contributed by atoms with Crippen LogP contribution in [0.4, 0.5) is 4.39 Å². The Kier molecular flexibility index (Phi) is 5.26. The Morgan fingerprint density at radius 1 is 1.08 bits per heavy atom. The number of nitrogens with two attached hydrogens (primary N) is 1. The van der Waals surface area contributed by atoms with Crippen molar-refractivity contribution >= 4 is 5.91 Å². The van der Waals surface area contributed by atoms with Crippen LogP contribution >= 0.6 is 0 Å². The van der Waals surface area contributed by atoms with E-state index in [1.54, 1.807) is 36.4 Å². The van der Waals surface area contributed by atoms with Crippen molar-refractivity contribution < 1.29 is 13.6 Å². The van der Waals surface area contributed by atoms with Crippen LogP contribution in [0.1, 0.15) is 21.7 Å². The first kappa shape index (κ1) is 16.9. The molecule has 25 heavy (non-hydrogen) atoms. The van der Waals surface area contributed by atoms with E-state index in [0.29, 0.717) is 12.1 Å². The Labute approximate surface area is 145 Å². The van der Waals surface area contributed by atoms with Gasteiger partial charge in [0.05, 0.1) is 6.54 Å². The Bertz CT molecular complexity index is 856. The molecule has 128 valence electrons. The van der Waals surface area contributed by atoms with Gasteiger partial charge in [0.25, 0.3) is 0 Å². The maximum absolute atomic E-state index is 13.1. The van der Waals surface area contributed by atoms with Crippen LogP contribution in [0.3, 0.4) is 0 Å². The van der Waals surface area contributed by atoms with Gasteiger partial charge in [0.15, 0.2) is 0 Å². The molecule has 0 saturated heterocycles. The average molecular weight is 338 g/mol. The maximum Gasteiger partial charge on any atom is 0.248 e. The van der Waals surface area contributed by atoms with Crippen molar-refractivity contribution in [2.45, 2.75) is 13.0 Å². The summed E-state index contributed by atoms with van der Waals surface area (Å²) in [4.78, 5) is 11.1. The summed E-state index contributed by atoms with van der Waals surface area (Å²) >= 11 is 0. The van der Waals surface area contributed by atoms with Crippen LogP contribution in [0, 0.1) is 5.82 Å². The zero-order valence-electron chi connectivity index (χ0n) is 13.7. The maximum atomic E-state index is 13.1. The number of amides is 1. The van der Waals surface area contributed by atoms with Gasteiger partial charge in [-0.3, -0.25) is 4.79 Å². The monoisotopic (exact) mass is 338 g/mol. The quantitative estimate of drug-likeness (QED) is 0.648. The van der Waals surface area contributed by atoms with Crippen LogP contribution in [-0.4, -0.2) is 12.5 Å². The van der Waals surface area contributed by atoms with Gasteiger partial charge in [0.2, 0.25) is 5.91 Å². The highest BCUT2D eigenvalue weighted by molar-refractivity contribution is 5.93. The van der Waals surface area contributed by atoms with Crippen molar-refractivity contribution in [1.29, 1.82) is 0 Å². The number of rotatable bonds is 7. The van der Waals surface area contributed by atoms with Gasteiger partial charge in [0.1, 0.15) is 17.3 Å². The molecule has 0 aliphatic carbocycles. The third-order valence-corrected chi connectivity index (χ3v) is 3.89. The summed E-state index contributed by atoms with van der Waals surface area (Å²) in [6.45, 7) is 1.32. The first-order valence-electron chi connectivity index (χ1n) is 8.06. The summed E-state index contributed by atoms with van der Waals surface area (Å²) in [6.07, 6.45) is 0.750. The topological polar surface area (TPSA) is 68.3 Å². The highest BCUT2D eigenvalue weighted by Crippen LogP contribution is 2.22. The number of furan rings is 1. The fourth-order valence-electron chi connectivity index (χ4n) is 2.56. The van der Waals surface area contributed by atoms with Crippen molar-refractivity contribution in [2.24, 2.45) is 5.73 Å². The zero-order valence-corrected chi connectivity index (χ0v) is 13.7. The van der Waals surface area contributed by atoms with Gasteiger partial charge in [-0.25, -0.2) is 4.39 Å². The minimum atomic E-state index is -0.450. The molecule has 1 heterocycles. The minimum Gasteiger partial charge on any atom is -0.460 e. The molecule has 0 unspecified atom stereocenters. The number of halogens is 1. The summed E-state index contributed by atoms with van der Waals surface area (Å²) in [7, 11) is 0. The summed E-state index contributed by atoms with van der Waals surface area (Å²) in [6, 6.07) is 17.4. The number of benzene rings is 2. The predicted molar refractivity (Wildman–Crippen MR) is 94.5 cm³/mol. The number of carbonyl (C=O) groups is 1. The van der Waals surface area contributed by atoms with Crippen LogP contribution in [0.5, 0.6) is 0 Å². The number of hydrogen-bond acceptors (Lipinski definition) is 3. The van der Waals surface area contributed by atoms with Gasteiger partial charge in [-0.15, -0.1) is 0 Å². The summed E-state index contributed by atoms with van der Waals surface area (Å²) < 4.78 is 18.9. The smallest absolute Gasteiger partial charge is 0.248 e. The highest BCUT2D eigenvalue weighted by atomic mass is 19.1. The normalized spacial score (nSPS) is 10.8. The molecule has 3 rings (SSSR count). The largest absolute Gasteiger partial charge is 0.460 e. The second-order valence-electron chi connectivity index (χ2n) is 5.76. The molecule has 0 spiro atoms. The molecule has 5 heteroatoms. The number of hydrogen-bond donors (Lipinski definition) is 2. The van der Waals surface area contributed by atoms with Gasteiger partial charge >= 0.3 is 0 Å². The van der Waals surface area contributed by atoms with Gasteiger partial charge < -0.3 is 15.5 Å². The first-order chi connectivity index (χ1) is 12.1. The van der Waals surface area contributed by atoms with Crippen molar-refractivity contribution in [1.82, 2.24) is 5.32 Å². The Balaban J connectivity index is 1.52. The van der Waals surface area contributed by atoms with E-state index in [9.17, 15) is 9.18 Å². The lowest BCUT2D eigenvalue weighted by atomic mass is 10.1. The minimum absolute atomic E-state index is 0.212. The molecular weight excluding hydrogens is 319 g/mol. The van der Waals surface area contributed by atoms with E-state index >= 15 is 0 Å². The lowest BCUT2D eigenvalue weighted by Crippen LogP contribution is -2.16. The predicted octanol–water partition coefficient (Wildman–Crippen LogP) is 3.52. The van der Waals surface area contributed by atoms with Gasteiger partial charge in [-0.2, -0.15) is 0 Å². The molecule has 0 aliphatic rings. The average Bonchev–Trinajstić information content (AvgIpc) is 3.08. The number of nitrogens with one attached hydrogen (secondary N) is 1. The molecule has 3 aromatic rings. The lowest BCUT2D eigenvalue weighted by molar-refractivity contribution is 0.100. The second kappa shape index (κ2) is 7.77. The molecule has 0 bridgehead atoms. The fourth-order valence-corrected chi connectivity index (χ4v) is 2.56. The molecule has 1 aromatic heterocycles. The van der Waals surface area contributed by atoms with E-state index in [1.807, 2.05) is 18.2 Å². The lowest BCUT2D eigenvalue weighted by Gasteiger charge is -2.04. The third-order valence-electron chi connectivity index (χ3n) is 3.89. The molecule has 2 aromatic carbocycles. The van der Waals surface area contributed by atoms with Gasteiger partial charge in [0, 0.05) is 11.1 Å². The van der Waals surface area contributed by atoms with Crippen molar-refractivity contribution in [3.8, 4) is 11.3 Å². The molecule has 0 radical (unpaired) electrons. The number of primary amides is 1. The SMILES string of the molecule is NC(=O)c1ccc(-c2ccc(CNCCc3cccc(F)c3)o2)cc1. The Hall–Kier alpha value is -2.92. The molecule has 0 saturated carbocycles. The third kappa shape index (κ3) is 4.55. The van der Waals surface area contributed by atoms with Crippen LogP contribution in [0.2, 0.25) is 0 Å². The Morgan fingerprint density at radius 2 is 1.88 bits per heavy atom. The van der Waals surface area contributed by atoms with Gasteiger partial charge in [-0.05, 0) is 54.9 Å². The van der Waals surface area contributed by atoms with Gasteiger partial charge in [-0.1, -0.05) is 24.3 Å². The van der Waals surface area contributed by atoms with Crippen LogP contribution in [0.15, 0.2) is 65.1 Å². The van der Waals surface area contributed by atoms with Crippen LogP contribution in [-0.2, 0) is 13.0 Å². The van der Waals surface area contributed by atoms with Crippen LogP contribution < -0.4 is 11.1 Å². The van der Waals surface area contributed by atoms with E-state index in [2.05, 4.69) is 5.32 Å². The second-order valence-corrected chi connectivity index (χ2v) is 5.76. The summed E-state index contributed by atoms with van der Waals surface area (Å²) in [5.41, 5.74) is 7.55. The summed E-state index contributed by atoms with van der Waals surface area (Å²) in [5, 5.41) is 3.28. The summed E-state index contributed by atoms with van der Waals surface area (Å²) in [5.74, 6) is 0.885. The Morgan fingerprint density at radius 3 is 2.60 bits per heavy atom. The van der Waals surface area contributed by atoms with E-state index in [-0.39, 0.29) is 5.82 Å². The molecule has 0 fully saturated rings. The van der Waals surface area contributed by atoms with Crippen LogP contribution in [0.25, 0.3) is 11.3 Å². The van der Waals surface area contributed by atoms with E-state index in [1.165, 1.54) is 6.07 Å². The molecular formula is C20H19FN2O2. The molecule has 0 atom stereocenters. The fraction of sp³-hybridized carbons (Fsp3) is 0.150. The highest BCUT2D eigenvalue weighted by Gasteiger charge is 2.06. The first-order valence-corrected chi connectivity index (χ1v) is 8.06. The van der Waals surface area contributed by atoms with E-state index < -0.39 is 5.91 Å². The molecule has 1 amide bonds. The zero-order chi connectivity index (χ0) is 17.6. The molecule has 3 N–H and O–H groups in total. The van der Waals surface area contributed by atoms with E-state index in [4.69, 9.17) is 10.2 Å². The van der Waals surface area contributed by atoms with Crippen molar-refractivity contribution in [3.05, 3.63) is 83.4 Å². The van der Waals surface area contributed by atoms with Crippen molar-refractivity contribution in [3.63, 3.8) is 0 Å². The van der Waals surface area contributed by atoms with Crippen molar-refractivity contribution in [2.75, 3.05) is 6.54 Å². The standard InChI is InChI=1S/C20H19FN2O2/c21-17-3-1-2-14(12-17)10-11-23-13-18-8-9-19(25-18)15-4-6-16(7-5-15)20(22)24/h1-9,12,23H,10-11,13H2,(H2,22,24). The number of carbonyl (C=O) groups excluding carboxylic acids is 1. The van der Waals surface area contributed by atoms with E-state index in [0.717, 1.165) is 35.6 Å². The molecule has 4 nitrogen and oxygen atoms in total.